The third-order valence-electron chi connectivity index (χ3n) is 5.98. The van der Waals surface area contributed by atoms with Crippen LogP contribution in [0, 0.1) is 5.41 Å². The maximum absolute atomic E-state index is 13.3. The van der Waals surface area contributed by atoms with Crippen LogP contribution >= 0.6 is 0 Å². The number of likely N-dealkylation sites (tertiary alicyclic amines) is 2. The van der Waals surface area contributed by atoms with Crippen molar-refractivity contribution < 1.29 is 18.4 Å². The van der Waals surface area contributed by atoms with Crippen LogP contribution in [0.5, 0.6) is 0 Å². The normalized spacial score (nSPS) is 24.8. The molecule has 2 unspecified atom stereocenters. The minimum absolute atomic E-state index is 0.0110. The Morgan fingerprint density at radius 3 is 2.64 bits per heavy atom. The summed E-state index contributed by atoms with van der Waals surface area (Å²) in [5.74, 6) is -0.515. The molecule has 1 aromatic carbocycles. The van der Waals surface area contributed by atoms with Gasteiger partial charge < -0.3 is 9.80 Å². The molecule has 2 fully saturated rings. The van der Waals surface area contributed by atoms with Crippen LogP contribution in [-0.4, -0.2) is 58.1 Å². The van der Waals surface area contributed by atoms with Crippen molar-refractivity contribution in [2.75, 3.05) is 26.7 Å². The number of hydrogen-bond acceptors (Lipinski definition) is 3. The first-order valence-corrected chi connectivity index (χ1v) is 9.25. The second-order valence-electron chi connectivity index (χ2n) is 7.68. The monoisotopic (exact) mass is 388 g/mol. The summed E-state index contributed by atoms with van der Waals surface area (Å²) in [5.41, 5.74) is -0.254. The highest BCUT2D eigenvalue weighted by molar-refractivity contribution is 5.97. The summed E-state index contributed by atoms with van der Waals surface area (Å²) in [7, 11) is 3.28. The smallest absolute Gasteiger partial charge is 0.282 e. The molecular formula is C20H22F2N4O2. The van der Waals surface area contributed by atoms with Crippen LogP contribution in [0.1, 0.15) is 40.4 Å². The molecule has 1 spiro atoms. The summed E-state index contributed by atoms with van der Waals surface area (Å²) in [6.45, 7) is 1.17. The van der Waals surface area contributed by atoms with E-state index in [1.54, 1.807) is 11.9 Å². The molecule has 4 rings (SSSR count). The van der Waals surface area contributed by atoms with Gasteiger partial charge in [-0.15, -0.1) is 0 Å². The number of alkyl halides is 2. The number of rotatable bonds is 3. The van der Waals surface area contributed by atoms with Crippen molar-refractivity contribution >= 4 is 11.8 Å². The SMILES string of the molecule is CN1CC(c2ccccc2)C2(CCN(C(=O)c3cn(C)nc3C(F)F)C2)C1=O. The molecule has 0 N–H and O–H groups in total. The van der Waals surface area contributed by atoms with Gasteiger partial charge in [0, 0.05) is 45.8 Å². The average Bonchev–Trinajstić information content (AvgIpc) is 3.36. The van der Waals surface area contributed by atoms with Crippen LogP contribution in [0.2, 0.25) is 0 Å². The van der Waals surface area contributed by atoms with Gasteiger partial charge in [0.05, 0.1) is 11.0 Å². The zero-order valence-corrected chi connectivity index (χ0v) is 15.8. The third-order valence-corrected chi connectivity index (χ3v) is 5.98. The van der Waals surface area contributed by atoms with Gasteiger partial charge in [-0.3, -0.25) is 14.3 Å². The summed E-state index contributed by atoms with van der Waals surface area (Å²) in [6, 6.07) is 9.80. The van der Waals surface area contributed by atoms with Crippen LogP contribution in [0.3, 0.4) is 0 Å². The fourth-order valence-electron chi connectivity index (χ4n) is 4.64. The van der Waals surface area contributed by atoms with Crippen molar-refractivity contribution in [1.82, 2.24) is 19.6 Å². The number of halogens is 2. The summed E-state index contributed by atoms with van der Waals surface area (Å²) in [5, 5.41) is 3.73. The first kappa shape index (κ1) is 18.6. The zero-order valence-electron chi connectivity index (χ0n) is 15.8. The molecule has 2 aliphatic rings. The van der Waals surface area contributed by atoms with Crippen molar-refractivity contribution in [3.8, 4) is 0 Å². The summed E-state index contributed by atoms with van der Waals surface area (Å²) >= 11 is 0. The molecule has 2 atom stereocenters. The largest absolute Gasteiger partial charge is 0.345 e. The molecule has 0 saturated carbocycles. The lowest BCUT2D eigenvalue weighted by molar-refractivity contribution is -0.134. The molecule has 2 aromatic rings. The standard InChI is InChI=1S/C20H22F2N4O2/c1-24-11-15(13-6-4-3-5-7-13)20(19(24)28)8-9-26(12-20)18(27)14-10-25(2)23-16(14)17(21)22/h3-7,10,15,17H,8-9,11-12H2,1-2H3. The number of likely N-dealkylation sites (N-methyl/N-ethyl adjacent to an activating group) is 1. The van der Waals surface area contributed by atoms with E-state index in [1.165, 1.54) is 22.8 Å². The fraction of sp³-hybridized carbons (Fsp3) is 0.450. The highest BCUT2D eigenvalue weighted by Crippen LogP contribution is 2.49. The van der Waals surface area contributed by atoms with Crippen molar-refractivity contribution in [2.24, 2.45) is 12.5 Å². The second-order valence-corrected chi connectivity index (χ2v) is 7.68. The van der Waals surface area contributed by atoms with E-state index in [-0.39, 0.29) is 23.9 Å². The number of nitrogens with zero attached hydrogens (tertiary/aromatic N) is 4. The Balaban J connectivity index is 1.65. The Kier molecular flexibility index (Phi) is 4.44. The molecule has 2 amide bonds. The van der Waals surface area contributed by atoms with E-state index in [0.29, 0.717) is 19.5 Å². The number of benzene rings is 1. The van der Waals surface area contributed by atoms with E-state index in [9.17, 15) is 18.4 Å². The van der Waals surface area contributed by atoms with Gasteiger partial charge in [-0.1, -0.05) is 30.3 Å². The van der Waals surface area contributed by atoms with Gasteiger partial charge in [-0.2, -0.15) is 5.10 Å². The van der Waals surface area contributed by atoms with Crippen molar-refractivity contribution in [2.45, 2.75) is 18.8 Å². The predicted octanol–water partition coefficient (Wildman–Crippen LogP) is 2.45. The van der Waals surface area contributed by atoms with Gasteiger partial charge in [0.2, 0.25) is 5.91 Å². The first-order chi connectivity index (χ1) is 13.3. The van der Waals surface area contributed by atoms with Crippen molar-refractivity contribution in [3.05, 3.63) is 53.3 Å². The van der Waals surface area contributed by atoms with Gasteiger partial charge in [0.1, 0.15) is 5.69 Å². The van der Waals surface area contributed by atoms with Crippen LogP contribution < -0.4 is 0 Å². The van der Waals surface area contributed by atoms with Gasteiger partial charge in [0.15, 0.2) is 0 Å². The number of amides is 2. The number of carbonyl (C=O) groups excluding carboxylic acids is 2. The topological polar surface area (TPSA) is 58.4 Å². The third kappa shape index (κ3) is 2.78. The molecule has 148 valence electrons. The maximum atomic E-state index is 13.3. The Morgan fingerprint density at radius 2 is 1.96 bits per heavy atom. The average molecular weight is 388 g/mol. The minimum atomic E-state index is -2.83. The van der Waals surface area contributed by atoms with Crippen LogP contribution in [0.4, 0.5) is 8.78 Å². The lowest BCUT2D eigenvalue weighted by Crippen LogP contribution is -2.39. The van der Waals surface area contributed by atoms with E-state index in [2.05, 4.69) is 5.10 Å². The summed E-state index contributed by atoms with van der Waals surface area (Å²) in [4.78, 5) is 29.3. The minimum Gasteiger partial charge on any atom is -0.345 e. The Bertz CT molecular complexity index is 914. The summed E-state index contributed by atoms with van der Waals surface area (Å²) in [6.07, 6.45) is -0.981. The molecule has 0 aliphatic carbocycles. The van der Waals surface area contributed by atoms with E-state index < -0.39 is 23.4 Å². The highest BCUT2D eigenvalue weighted by atomic mass is 19.3. The molecule has 2 aliphatic heterocycles. The molecule has 2 saturated heterocycles. The molecule has 3 heterocycles. The molecule has 1 aromatic heterocycles. The van der Waals surface area contributed by atoms with Crippen LogP contribution in [0.15, 0.2) is 36.5 Å². The van der Waals surface area contributed by atoms with E-state index in [0.717, 1.165) is 5.56 Å². The fourth-order valence-corrected chi connectivity index (χ4v) is 4.64. The van der Waals surface area contributed by atoms with Gasteiger partial charge in [-0.25, -0.2) is 8.78 Å². The number of aryl methyl sites for hydroxylation is 1. The van der Waals surface area contributed by atoms with E-state index in [4.69, 9.17) is 0 Å². The molecule has 0 radical (unpaired) electrons. The Hall–Kier alpha value is -2.77. The van der Waals surface area contributed by atoms with Crippen molar-refractivity contribution in [3.63, 3.8) is 0 Å². The van der Waals surface area contributed by atoms with Gasteiger partial charge in [-0.05, 0) is 12.0 Å². The molecule has 28 heavy (non-hydrogen) atoms. The predicted molar refractivity (Wildman–Crippen MR) is 97.9 cm³/mol. The van der Waals surface area contributed by atoms with E-state index in [1.807, 2.05) is 30.3 Å². The molecule has 8 heteroatoms. The van der Waals surface area contributed by atoms with Crippen LogP contribution in [-0.2, 0) is 11.8 Å². The van der Waals surface area contributed by atoms with E-state index >= 15 is 0 Å². The zero-order chi connectivity index (χ0) is 20.1. The Morgan fingerprint density at radius 1 is 1.25 bits per heavy atom. The number of carbonyl (C=O) groups is 2. The second kappa shape index (κ2) is 6.68. The number of aromatic nitrogens is 2. The van der Waals surface area contributed by atoms with Crippen LogP contribution in [0.25, 0.3) is 0 Å². The molecular weight excluding hydrogens is 366 g/mol. The highest BCUT2D eigenvalue weighted by Gasteiger charge is 2.57. The van der Waals surface area contributed by atoms with Crippen molar-refractivity contribution in [1.29, 1.82) is 0 Å². The lowest BCUT2D eigenvalue weighted by atomic mass is 9.73. The first-order valence-electron chi connectivity index (χ1n) is 9.25. The molecule has 6 nitrogen and oxygen atoms in total. The number of hydrogen-bond donors (Lipinski definition) is 0. The quantitative estimate of drug-likeness (QED) is 0.812. The van der Waals surface area contributed by atoms with Gasteiger partial charge in [0.25, 0.3) is 12.3 Å². The molecule has 0 bridgehead atoms. The Labute approximate surface area is 161 Å². The van der Waals surface area contributed by atoms with Gasteiger partial charge >= 0.3 is 0 Å². The summed E-state index contributed by atoms with van der Waals surface area (Å²) < 4.78 is 27.8. The lowest BCUT2D eigenvalue weighted by Gasteiger charge is -2.28. The maximum Gasteiger partial charge on any atom is 0.282 e.